The van der Waals surface area contributed by atoms with Crippen LogP contribution in [0.1, 0.15) is 206 Å². The van der Waals surface area contributed by atoms with Crippen LogP contribution in [0.5, 0.6) is 0 Å². The fraction of sp³-hybridized carbons (Fsp3) is 0.952. The minimum absolute atomic E-state index is 0.0267. The molecule has 2 unspecified atom stereocenters. The van der Waals surface area contributed by atoms with Gasteiger partial charge in [-0.15, -0.1) is 0 Å². The third kappa shape index (κ3) is 38.7. The van der Waals surface area contributed by atoms with E-state index in [9.17, 15) is 19.0 Å². The summed E-state index contributed by atoms with van der Waals surface area (Å²) >= 11 is 0. The van der Waals surface area contributed by atoms with Crippen LogP contribution in [0.15, 0.2) is 0 Å². The second-order valence-electron chi connectivity index (χ2n) is 16.1. The van der Waals surface area contributed by atoms with E-state index in [-0.39, 0.29) is 26.1 Å². The topological polar surface area (TPSA) is 111 Å². The molecule has 0 aromatic heterocycles. The summed E-state index contributed by atoms with van der Waals surface area (Å²) in [5.41, 5.74) is 0. The highest BCUT2D eigenvalue weighted by Crippen LogP contribution is 2.38. The number of esters is 2. The van der Waals surface area contributed by atoms with E-state index in [2.05, 4.69) is 13.8 Å². The molecule has 2 atom stereocenters. The average Bonchev–Trinajstić information content (AvgIpc) is 3.09. The van der Waals surface area contributed by atoms with Crippen molar-refractivity contribution in [1.29, 1.82) is 0 Å². The van der Waals surface area contributed by atoms with Crippen molar-refractivity contribution >= 4 is 19.8 Å². The smallest absolute Gasteiger partial charge is 0.306 e. The van der Waals surface area contributed by atoms with Gasteiger partial charge in [0.1, 0.15) is 19.8 Å². The normalized spacial score (nSPS) is 13.6. The Labute approximate surface area is 321 Å². The van der Waals surface area contributed by atoms with E-state index >= 15 is 0 Å². The van der Waals surface area contributed by atoms with Crippen molar-refractivity contribution in [3.8, 4) is 0 Å². The molecule has 0 aliphatic carbocycles. The maximum absolute atomic E-state index is 12.6. The summed E-state index contributed by atoms with van der Waals surface area (Å²) in [4.78, 5) is 37.0. The van der Waals surface area contributed by atoms with Gasteiger partial charge in [0.25, 0.3) is 7.82 Å². The van der Waals surface area contributed by atoms with Crippen LogP contribution in [-0.4, -0.2) is 70.0 Å². The molecule has 0 heterocycles. The predicted molar refractivity (Wildman–Crippen MR) is 213 cm³/mol. The number of carbonyl (C=O) groups is 2. The molecule has 0 fully saturated rings. The Morgan fingerprint density at radius 2 is 0.865 bits per heavy atom. The van der Waals surface area contributed by atoms with Crippen LogP contribution < -0.4 is 4.89 Å². The molecule has 0 aromatic rings. The predicted octanol–water partition coefficient (Wildman–Crippen LogP) is 11.4. The van der Waals surface area contributed by atoms with Gasteiger partial charge in [0, 0.05) is 12.8 Å². The van der Waals surface area contributed by atoms with Gasteiger partial charge in [-0.1, -0.05) is 181 Å². The third-order valence-electron chi connectivity index (χ3n) is 9.63. The standard InChI is InChI=1S/C42H84NO8P/c1-6-8-10-12-13-14-15-16-17-18-19-20-21-22-23-24-25-26-27-28-29-30-31-33-35-42(45)51-40(38-48-41(44)34-32-11-9-7-2)39-50-52(46,47)49-37-36-43(3,4)5/h40H,6-39H2,1-5H3. The highest BCUT2D eigenvalue weighted by atomic mass is 31.2. The van der Waals surface area contributed by atoms with Crippen molar-refractivity contribution in [2.24, 2.45) is 0 Å². The number of rotatable bonds is 40. The molecule has 0 saturated heterocycles. The van der Waals surface area contributed by atoms with Gasteiger partial charge in [-0.3, -0.25) is 14.2 Å². The summed E-state index contributed by atoms with van der Waals surface area (Å²) in [7, 11) is 1.18. The van der Waals surface area contributed by atoms with Gasteiger partial charge in [0.15, 0.2) is 6.10 Å². The third-order valence-corrected chi connectivity index (χ3v) is 10.6. The van der Waals surface area contributed by atoms with Crippen LogP contribution in [0.25, 0.3) is 0 Å². The molecule has 10 heteroatoms. The molecule has 0 aliphatic rings. The molecule has 0 amide bonds. The zero-order chi connectivity index (χ0) is 38.6. The summed E-state index contributed by atoms with van der Waals surface area (Å²) < 4.78 is 33.6. The number of ether oxygens (including phenoxy) is 2. The summed E-state index contributed by atoms with van der Waals surface area (Å²) in [5, 5.41) is 0. The van der Waals surface area contributed by atoms with E-state index in [0.29, 0.717) is 17.4 Å². The first kappa shape index (κ1) is 51.0. The molecule has 0 saturated carbocycles. The van der Waals surface area contributed by atoms with E-state index in [4.69, 9.17) is 18.5 Å². The zero-order valence-corrected chi connectivity index (χ0v) is 35.7. The largest absolute Gasteiger partial charge is 0.756 e. The number of phosphoric ester groups is 1. The van der Waals surface area contributed by atoms with Gasteiger partial charge < -0.3 is 27.9 Å². The minimum atomic E-state index is -4.60. The lowest BCUT2D eigenvalue weighted by Crippen LogP contribution is -2.37. The van der Waals surface area contributed by atoms with Gasteiger partial charge in [-0.25, -0.2) is 0 Å². The van der Waals surface area contributed by atoms with Gasteiger partial charge in [0.2, 0.25) is 0 Å². The molecule has 0 bridgehead atoms. The lowest BCUT2D eigenvalue weighted by molar-refractivity contribution is -0.870. The maximum Gasteiger partial charge on any atom is 0.306 e. The second kappa shape index (κ2) is 35.7. The van der Waals surface area contributed by atoms with Gasteiger partial charge in [-0.2, -0.15) is 0 Å². The molecule has 0 rings (SSSR count). The Kier molecular flexibility index (Phi) is 35.0. The molecule has 0 radical (unpaired) electrons. The Bertz CT molecular complexity index is 865. The van der Waals surface area contributed by atoms with Gasteiger partial charge in [0.05, 0.1) is 27.7 Å². The van der Waals surface area contributed by atoms with Crippen molar-refractivity contribution in [3.05, 3.63) is 0 Å². The first-order valence-corrected chi connectivity index (χ1v) is 23.2. The lowest BCUT2D eigenvalue weighted by atomic mass is 10.0. The number of hydrogen-bond acceptors (Lipinski definition) is 8. The Morgan fingerprint density at radius 3 is 1.25 bits per heavy atom. The van der Waals surface area contributed by atoms with Crippen LogP contribution in [0, 0.1) is 0 Å². The Morgan fingerprint density at radius 1 is 0.519 bits per heavy atom. The number of likely N-dealkylation sites (N-methyl/N-ethyl adjacent to an activating group) is 1. The van der Waals surface area contributed by atoms with E-state index in [1.54, 1.807) is 0 Å². The first-order chi connectivity index (χ1) is 25.0. The molecular formula is C42H84NO8P. The second-order valence-corrected chi connectivity index (χ2v) is 17.5. The van der Waals surface area contributed by atoms with Gasteiger partial charge in [-0.05, 0) is 12.8 Å². The fourth-order valence-electron chi connectivity index (χ4n) is 6.18. The van der Waals surface area contributed by atoms with Crippen molar-refractivity contribution in [2.45, 2.75) is 213 Å². The summed E-state index contributed by atoms with van der Waals surface area (Å²) in [6.07, 6.45) is 34.9. The zero-order valence-electron chi connectivity index (χ0n) is 34.8. The minimum Gasteiger partial charge on any atom is -0.756 e. The van der Waals surface area contributed by atoms with Crippen LogP contribution in [-0.2, 0) is 32.7 Å². The van der Waals surface area contributed by atoms with Crippen molar-refractivity contribution in [2.75, 3.05) is 47.5 Å². The van der Waals surface area contributed by atoms with E-state index in [0.717, 1.165) is 38.5 Å². The van der Waals surface area contributed by atoms with Crippen molar-refractivity contribution < 1.29 is 42.1 Å². The fourth-order valence-corrected chi connectivity index (χ4v) is 6.91. The average molecular weight is 762 g/mol. The van der Waals surface area contributed by atoms with Crippen LogP contribution in [0.4, 0.5) is 0 Å². The highest BCUT2D eigenvalue weighted by Gasteiger charge is 2.21. The Balaban J connectivity index is 3.96. The van der Waals surface area contributed by atoms with Crippen LogP contribution in [0.3, 0.4) is 0 Å². The maximum atomic E-state index is 12.6. The van der Waals surface area contributed by atoms with Crippen molar-refractivity contribution in [3.63, 3.8) is 0 Å². The summed E-state index contributed by atoms with van der Waals surface area (Å²) in [6.45, 7) is 4.12. The molecule has 310 valence electrons. The number of carbonyl (C=O) groups excluding carboxylic acids is 2. The number of phosphoric acid groups is 1. The van der Waals surface area contributed by atoms with Crippen molar-refractivity contribution in [1.82, 2.24) is 0 Å². The van der Waals surface area contributed by atoms with E-state index in [1.807, 2.05) is 21.1 Å². The number of hydrogen-bond donors (Lipinski definition) is 0. The van der Waals surface area contributed by atoms with E-state index < -0.39 is 32.5 Å². The number of unbranched alkanes of at least 4 members (excludes halogenated alkanes) is 26. The molecule has 9 nitrogen and oxygen atoms in total. The monoisotopic (exact) mass is 762 g/mol. The SMILES string of the molecule is CCCCCCCCCCCCCCCCCCCCCCCCCCC(=O)OC(COC(=O)CCCCCC)COP(=O)([O-])OCC[N+](C)(C)C. The molecule has 0 aliphatic heterocycles. The first-order valence-electron chi connectivity index (χ1n) is 21.7. The highest BCUT2D eigenvalue weighted by molar-refractivity contribution is 7.45. The number of nitrogens with zero attached hydrogens (tertiary/aromatic N) is 1. The lowest BCUT2D eigenvalue weighted by Gasteiger charge is -2.28. The van der Waals surface area contributed by atoms with Crippen LogP contribution >= 0.6 is 7.82 Å². The quantitative estimate of drug-likeness (QED) is 0.0263. The molecular weight excluding hydrogens is 677 g/mol. The van der Waals surface area contributed by atoms with Gasteiger partial charge >= 0.3 is 11.9 Å². The van der Waals surface area contributed by atoms with Crippen LogP contribution in [0.2, 0.25) is 0 Å². The Hall–Kier alpha value is -0.990. The molecule has 0 aromatic carbocycles. The molecule has 0 spiro atoms. The summed E-state index contributed by atoms with van der Waals surface area (Å²) in [6, 6.07) is 0. The number of quaternary nitrogens is 1. The van der Waals surface area contributed by atoms with E-state index in [1.165, 1.54) is 135 Å². The summed E-state index contributed by atoms with van der Waals surface area (Å²) in [5.74, 6) is -0.843. The molecule has 52 heavy (non-hydrogen) atoms. The molecule has 0 N–H and O–H groups in total.